The fourth-order valence-corrected chi connectivity index (χ4v) is 6.71. The first-order valence-corrected chi connectivity index (χ1v) is 16.1. The van der Waals surface area contributed by atoms with Crippen LogP contribution in [-0.4, -0.2) is 59.6 Å². The number of amides is 1. The average molecular weight is 592 g/mol. The lowest BCUT2D eigenvalue weighted by atomic mass is 9.81. The van der Waals surface area contributed by atoms with E-state index < -0.39 is 11.6 Å². The number of ketones is 1. The molecule has 1 aliphatic carbocycles. The quantitative estimate of drug-likeness (QED) is 0.256. The molecule has 1 amide bonds. The van der Waals surface area contributed by atoms with Gasteiger partial charge in [0, 0.05) is 37.9 Å². The molecule has 0 radical (unpaired) electrons. The normalized spacial score (nSPS) is 19.4. The highest BCUT2D eigenvalue weighted by atomic mass is 16.5. The number of nitrogens with zero attached hydrogens (tertiary/aromatic N) is 1. The molecular weight excluding hydrogens is 546 g/mol. The van der Waals surface area contributed by atoms with E-state index in [9.17, 15) is 19.5 Å². The van der Waals surface area contributed by atoms with E-state index in [1.165, 1.54) is 24.0 Å². The molecule has 0 bridgehead atoms. The highest BCUT2D eigenvalue weighted by Gasteiger charge is 2.42. The van der Waals surface area contributed by atoms with Crippen molar-refractivity contribution in [3.05, 3.63) is 52.6 Å². The first-order chi connectivity index (χ1) is 20.9. The summed E-state index contributed by atoms with van der Waals surface area (Å²) in [7, 11) is 0. The van der Waals surface area contributed by atoms with E-state index in [4.69, 9.17) is 14.2 Å². The molecule has 1 fully saturated rings. The van der Waals surface area contributed by atoms with Crippen LogP contribution < -0.4 is 14.2 Å². The Kier molecular flexibility index (Phi) is 10.3. The van der Waals surface area contributed by atoms with Gasteiger partial charge in [0.1, 0.15) is 22.8 Å². The average Bonchev–Trinajstić information content (AvgIpc) is 3.55. The summed E-state index contributed by atoms with van der Waals surface area (Å²) in [6.45, 7) is 4.57. The molecule has 3 aliphatic rings. The third-order valence-electron chi connectivity index (χ3n) is 9.02. The van der Waals surface area contributed by atoms with Gasteiger partial charge in [-0.2, -0.15) is 0 Å². The number of carboxylic acid groups (broad SMARTS) is 1. The molecule has 1 unspecified atom stereocenters. The van der Waals surface area contributed by atoms with Gasteiger partial charge in [-0.15, -0.1) is 0 Å². The Hall–Kier alpha value is -3.55. The first-order valence-electron chi connectivity index (χ1n) is 16.1. The standard InChI is InChI=1S/C35H45NO7/c1-2-9-28-31(42-23-8-22-41-30-13-7-11-25-10-3-4-12-26(25)30)15-14-27-29(37)24-35(43-34(27)28,19-17-33(39)40)18-16-32(38)36-20-5-6-21-36/h7,11,13-15H,2-6,8-10,12,16-24H2,1H3,(H,39,40). The number of benzene rings is 2. The van der Waals surface area contributed by atoms with Crippen molar-refractivity contribution in [2.24, 2.45) is 0 Å². The number of ether oxygens (including phenoxy) is 3. The molecule has 8 nitrogen and oxygen atoms in total. The van der Waals surface area contributed by atoms with Crippen LogP contribution >= 0.6 is 0 Å². The van der Waals surface area contributed by atoms with Crippen LogP contribution in [0, 0.1) is 0 Å². The lowest BCUT2D eigenvalue weighted by Crippen LogP contribution is -2.44. The second kappa shape index (κ2) is 14.3. The maximum atomic E-state index is 13.5. The van der Waals surface area contributed by atoms with Gasteiger partial charge in [-0.25, -0.2) is 0 Å². The predicted octanol–water partition coefficient (Wildman–Crippen LogP) is 6.34. The van der Waals surface area contributed by atoms with Gasteiger partial charge in [0.25, 0.3) is 0 Å². The first kappa shape index (κ1) is 30.9. The van der Waals surface area contributed by atoms with Crippen molar-refractivity contribution in [2.75, 3.05) is 26.3 Å². The summed E-state index contributed by atoms with van der Waals surface area (Å²) in [5.74, 6) is 1.15. The van der Waals surface area contributed by atoms with Gasteiger partial charge in [0.05, 0.1) is 25.2 Å². The number of aliphatic carboxylic acids is 1. The number of carbonyl (C=O) groups is 3. The van der Waals surface area contributed by atoms with Crippen LogP contribution in [0.5, 0.6) is 17.2 Å². The topological polar surface area (TPSA) is 102 Å². The van der Waals surface area contributed by atoms with Crippen LogP contribution in [-0.2, 0) is 28.9 Å². The molecule has 2 aliphatic heterocycles. The number of hydrogen-bond acceptors (Lipinski definition) is 6. The Balaban J connectivity index is 1.28. The van der Waals surface area contributed by atoms with Crippen molar-refractivity contribution >= 4 is 17.7 Å². The van der Waals surface area contributed by atoms with Gasteiger partial charge in [-0.1, -0.05) is 25.5 Å². The van der Waals surface area contributed by atoms with E-state index >= 15 is 0 Å². The molecule has 43 heavy (non-hydrogen) atoms. The molecule has 2 aromatic carbocycles. The van der Waals surface area contributed by atoms with Gasteiger partial charge < -0.3 is 24.2 Å². The van der Waals surface area contributed by atoms with E-state index in [1.54, 1.807) is 6.07 Å². The van der Waals surface area contributed by atoms with Crippen LogP contribution in [0.15, 0.2) is 30.3 Å². The van der Waals surface area contributed by atoms with Crippen molar-refractivity contribution in [1.82, 2.24) is 4.90 Å². The molecule has 8 heteroatoms. The molecule has 232 valence electrons. The molecule has 1 saturated heterocycles. The largest absolute Gasteiger partial charge is 0.493 e. The van der Waals surface area contributed by atoms with Crippen molar-refractivity contribution in [3.8, 4) is 17.2 Å². The molecular formula is C35H45NO7. The highest BCUT2D eigenvalue weighted by molar-refractivity contribution is 6.01. The van der Waals surface area contributed by atoms with Crippen molar-refractivity contribution in [3.63, 3.8) is 0 Å². The van der Waals surface area contributed by atoms with Crippen LogP contribution in [0.2, 0.25) is 0 Å². The zero-order chi connectivity index (χ0) is 30.2. The minimum atomic E-state index is -1.04. The zero-order valence-electron chi connectivity index (χ0n) is 25.5. The zero-order valence-corrected chi connectivity index (χ0v) is 25.5. The number of aryl methyl sites for hydroxylation is 1. The summed E-state index contributed by atoms with van der Waals surface area (Å²) in [5.41, 5.74) is 3.03. The van der Waals surface area contributed by atoms with Gasteiger partial charge in [-0.05, 0) is 87.1 Å². The molecule has 2 aromatic rings. The Morgan fingerprint density at radius 1 is 0.953 bits per heavy atom. The fraction of sp³-hybridized carbons (Fsp3) is 0.571. The lowest BCUT2D eigenvalue weighted by Gasteiger charge is -2.39. The highest BCUT2D eigenvalue weighted by Crippen LogP contribution is 2.44. The minimum Gasteiger partial charge on any atom is -0.493 e. The molecule has 0 saturated carbocycles. The summed E-state index contributed by atoms with van der Waals surface area (Å²) >= 11 is 0. The Labute approximate surface area is 254 Å². The molecule has 0 spiro atoms. The van der Waals surface area contributed by atoms with E-state index in [2.05, 4.69) is 25.1 Å². The number of carbonyl (C=O) groups excluding carboxylic acids is 2. The Morgan fingerprint density at radius 2 is 1.70 bits per heavy atom. The second-order valence-electron chi connectivity index (χ2n) is 12.2. The van der Waals surface area contributed by atoms with Crippen molar-refractivity contribution in [1.29, 1.82) is 0 Å². The minimum absolute atomic E-state index is 0.0399. The van der Waals surface area contributed by atoms with Crippen LogP contribution in [0.25, 0.3) is 0 Å². The Morgan fingerprint density at radius 3 is 2.47 bits per heavy atom. The van der Waals surface area contributed by atoms with E-state index in [0.717, 1.165) is 56.5 Å². The van der Waals surface area contributed by atoms with Gasteiger partial charge in [0.15, 0.2) is 5.78 Å². The molecule has 1 atom stereocenters. The van der Waals surface area contributed by atoms with E-state index in [-0.39, 0.29) is 37.4 Å². The number of Topliss-reactive ketones (excluding diaryl/α,β-unsaturated/α-hetero) is 1. The van der Waals surface area contributed by atoms with Crippen molar-refractivity contribution in [2.45, 2.75) is 102 Å². The third-order valence-corrected chi connectivity index (χ3v) is 9.02. The summed E-state index contributed by atoms with van der Waals surface area (Å²) in [6.07, 6.45) is 9.42. The number of carboxylic acids is 1. The van der Waals surface area contributed by atoms with Gasteiger partial charge in [0.2, 0.25) is 5.91 Å². The Bertz CT molecular complexity index is 1320. The van der Waals surface area contributed by atoms with Gasteiger partial charge >= 0.3 is 5.97 Å². The van der Waals surface area contributed by atoms with Gasteiger partial charge in [-0.3, -0.25) is 14.4 Å². The molecule has 0 aromatic heterocycles. The number of likely N-dealkylation sites (tertiary alicyclic amines) is 1. The van der Waals surface area contributed by atoms with Crippen molar-refractivity contribution < 1.29 is 33.7 Å². The summed E-state index contributed by atoms with van der Waals surface area (Å²) in [6, 6.07) is 9.93. The number of rotatable bonds is 14. The SMILES string of the molecule is CCCc1c(OCCCOc2cccc3c2CCCC3)ccc2c1OC(CCC(=O)O)(CCC(=O)N1CCCC1)CC2=O. The molecule has 2 heterocycles. The maximum absolute atomic E-state index is 13.5. The molecule has 1 N–H and O–H groups in total. The maximum Gasteiger partial charge on any atom is 0.303 e. The number of hydrogen-bond donors (Lipinski definition) is 1. The lowest BCUT2D eigenvalue weighted by molar-refractivity contribution is -0.138. The second-order valence-corrected chi connectivity index (χ2v) is 12.2. The van der Waals surface area contributed by atoms with E-state index in [0.29, 0.717) is 49.5 Å². The summed E-state index contributed by atoms with van der Waals surface area (Å²) in [5, 5.41) is 9.48. The third kappa shape index (κ3) is 7.51. The van der Waals surface area contributed by atoms with Crippen LogP contribution in [0.4, 0.5) is 0 Å². The van der Waals surface area contributed by atoms with Crippen LogP contribution in [0.1, 0.15) is 105 Å². The fourth-order valence-electron chi connectivity index (χ4n) is 6.71. The smallest absolute Gasteiger partial charge is 0.303 e. The monoisotopic (exact) mass is 591 g/mol. The predicted molar refractivity (Wildman–Crippen MR) is 163 cm³/mol. The number of fused-ring (bicyclic) bond motifs is 2. The van der Waals surface area contributed by atoms with Crippen LogP contribution in [0.3, 0.4) is 0 Å². The summed E-state index contributed by atoms with van der Waals surface area (Å²) in [4.78, 5) is 39.8. The molecule has 5 rings (SSSR count). The summed E-state index contributed by atoms with van der Waals surface area (Å²) < 4.78 is 19.1. The van der Waals surface area contributed by atoms with E-state index in [1.807, 2.05) is 11.0 Å².